The van der Waals surface area contributed by atoms with Crippen LogP contribution in [0.5, 0.6) is 5.75 Å². The van der Waals surface area contributed by atoms with Crippen LogP contribution in [0.25, 0.3) is 11.5 Å². The fraction of sp³-hybridized carbons (Fsp3) is 0.150. The van der Waals surface area contributed by atoms with E-state index in [1.165, 1.54) is 0 Å². The van der Waals surface area contributed by atoms with Gasteiger partial charge in [-0.1, -0.05) is 12.1 Å². The Kier molecular flexibility index (Phi) is 5.21. The van der Waals surface area contributed by atoms with Crippen LogP contribution in [-0.4, -0.2) is 23.9 Å². The molecular weight excluding hydrogens is 346 g/mol. The van der Waals surface area contributed by atoms with E-state index in [0.717, 1.165) is 5.56 Å². The van der Waals surface area contributed by atoms with Crippen LogP contribution in [-0.2, 0) is 11.2 Å². The number of aromatic nitrogens is 1. The van der Waals surface area contributed by atoms with Crippen molar-refractivity contribution in [1.29, 1.82) is 0 Å². The van der Waals surface area contributed by atoms with Crippen molar-refractivity contribution in [2.75, 3.05) is 12.4 Å². The number of anilines is 1. The van der Waals surface area contributed by atoms with Crippen molar-refractivity contribution in [3.63, 3.8) is 0 Å². The van der Waals surface area contributed by atoms with Crippen LogP contribution in [0.1, 0.15) is 21.8 Å². The van der Waals surface area contributed by atoms with Crippen molar-refractivity contribution < 1.29 is 18.7 Å². The van der Waals surface area contributed by atoms with E-state index < -0.39 is 5.91 Å². The summed E-state index contributed by atoms with van der Waals surface area (Å²) in [6, 6.07) is 13.7. The lowest BCUT2D eigenvalue weighted by molar-refractivity contribution is -0.115. The van der Waals surface area contributed by atoms with Crippen molar-refractivity contribution in [3.05, 3.63) is 65.5 Å². The van der Waals surface area contributed by atoms with Gasteiger partial charge in [-0.25, -0.2) is 4.98 Å². The number of aryl methyl sites for hydroxylation is 1. The molecule has 3 rings (SSSR count). The quantitative estimate of drug-likeness (QED) is 0.698. The Bertz CT molecular complexity index is 977. The first kappa shape index (κ1) is 18.2. The molecule has 0 saturated carbocycles. The molecule has 0 aliphatic rings. The smallest absolute Gasteiger partial charge is 0.248 e. The number of nitrogens with zero attached hydrogens (tertiary/aromatic N) is 1. The monoisotopic (exact) mass is 365 g/mol. The second-order valence-corrected chi connectivity index (χ2v) is 5.89. The van der Waals surface area contributed by atoms with Crippen LogP contribution in [0.2, 0.25) is 0 Å². The third kappa shape index (κ3) is 4.14. The molecule has 0 atom stereocenters. The normalized spacial score (nSPS) is 10.4. The summed E-state index contributed by atoms with van der Waals surface area (Å²) in [6.07, 6.45) is 0.0576. The number of nitrogens with two attached hydrogens (primary N) is 1. The average molecular weight is 365 g/mol. The number of rotatable bonds is 6. The number of oxazole rings is 1. The highest BCUT2D eigenvalue weighted by Gasteiger charge is 2.17. The Morgan fingerprint density at radius 3 is 2.52 bits per heavy atom. The highest BCUT2D eigenvalue weighted by atomic mass is 16.5. The predicted molar refractivity (Wildman–Crippen MR) is 101 cm³/mol. The first-order valence-electron chi connectivity index (χ1n) is 8.27. The standard InChI is InChI=1S/C20H19N3O4/c1-12-16(23-20(27-12)15-5-3-4-6-17(15)26-2)11-18(24)22-14-9-7-13(8-10-14)19(21)25/h3-10H,11H2,1-2H3,(H2,21,25)(H,22,24). The summed E-state index contributed by atoms with van der Waals surface area (Å²) in [7, 11) is 1.58. The Labute approximate surface area is 156 Å². The summed E-state index contributed by atoms with van der Waals surface area (Å²) in [5.74, 6) is 0.845. The maximum absolute atomic E-state index is 12.3. The molecule has 3 N–H and O–H groups in total. The third-order valence-corrected chi connectivity index (χ3v) is 4.01. The molecule has 0 radical (unpaired) electrons. The Hall–Kier alpha value is -3.61. The summed E-state index contributed by atoms with van der Waals surface area (Å²) < 4.78 is 11.0. The van der Waals surface area contributed by atoms with Gasteiger partial charge in [0.05, 0.1) is 24.8 Å². The lowest BCUT2D eigenvalue weighted by Crippen LogP contribution is -2.15. The van der Waals surface area contributed by atoms with Crippen molar-refractivity contribution >= 4 is 17.5 Å². The highest BCUT2D eigenvalue weighted by Crippen LogP contribution is 2.30. The highest BCUT2D eigenvalue weighted by molar-refractivity contribution is 5.95. The average Bonchev–Trinajstić information content (AvgIpc) is 3.02. The molecule has 0 fully saturated rings. The SMILES string of the molecule is COc1ccccc1-c1nc(CC(=O)Nc2ccc(C(N)=O)cc2)c(C)o1. The molecule has 1 heterocycles. The second kappa shape index (κ2) is 7.74. The lowest BCUT2D eigenvalue weighted by atomic mass is 10.2. The molecule has 3 aromatic rings. The van der Waals surface area contributed by atoms with Gasteiger partial charge in [0.2, 0.25) is 17.7 Å². The van der Waals surface area contributed by atoms with E-state index in [9.17, 15) is 9.59 Å². The van der Waals surface area contributed by atoms with Gasteiger partial charge in [-0.2, -0.15) is 0 Å². The van der Waals surface area contributed by atoms with Gasteiger partial charge in [0.25, 0.3) is 0 Å². The van der Waals surface area contributed by atoms with Crippen LogP contribution < -0.4 is 15.8 Å². The maximum Gasteiger partial charge on any atom is 0.248 e. The van der Waals surface area contributed by atoms with E-state index >= 15 is 0 Å². The topological polar surface area (TPSA) is 107 Å². The van der Waals surface area contributed by atoms with E-state index in [1.807, 2.05) is 24.3 Å². The molecule has 2 aromatic carbocycles. The molecule has 0 aliphatic heterocycles. The molecule has 27 heavy (non-hydrogen) atoms. The molecule has 2 amide bonds. The lowest BCUT2D eigenvalue weighted by Gasteiger charge is -2.05. The number of nitrogens with one attached hydrogen (secondary N) is 1. The van der Waals surface area contributed by atoms with Crippen LogP contribution in [0.3, 0.4) is 0 Å². The largest absolute Gasteiger partial charge is 0.496 e. The fourth-order valence-electron chi connectivity index (χ4n) is 2.60. The predicted octanol–water partition coefficient (Wildman–Crippen LogP) is 2.94. The fourth-order valence-corrected chi connectivity index (χ4v) is 2.60. The minimum absolute atomic E-state index is 0.0576. The number of amides is 2. The Morgan fingerprint density at radius 1 is 1.15 bits per heavy atom. The van der Waals surface area contributed by atoms with E-state index in [1.54, 1.807) is 38.3 Å². The van der Waals surface area contributed by atoms with Crippen LogP contribution in [0.15, 0.2) is 52.9 Å². The Morgan fingerprint density at radius 2 is 1.85 bits per heavy atom. The number of primary amides is 1. The minimum Gasteiger partial charge on any atom is -0.496 e. The number of hydrogen-bond acceptors (Lipinski definition) is 5. The first-order valence-corrected chi connectivity index (χ1v) is 8.27. The number of hydrogen-bond donors (Lipinski definition) is 2. The number of benzene rings is 2. The number of para-hydroxylation sites is 1. The van der Waals surface area contributed by atoms with Gasteiger partial charge >= 0.3 is 0 Å². The van der Waals surface area contributed by atoms with Crippen molar-refractivity contribution in [3.8, 4) is 17.2 Å². The molecule has 0 unspecified atom stereocenters. The molecule has 0 bridgehead atoms. The zero-order valence-electron chi connectivity index (χ0n) is 15.0. The molecular formula is C20H19N3O4. The van der Waals surface area contributed by atoms with E-state index in [4.69, 9.17) is 14.9 Å². The number of ether oxygens (including phenoxy) is 1. The van der Waals surface area contributed by atoms with E-state index in [2.05, 4.69) is 10.3 Å². The van der Waals surface area contributed by atoms with E-state index in [0.29, 0.717) is 34.3 Å². The summed E-state index contributed by atoms with van der Waals surface area (Å²) in [4.78, 5) is 27.8. The summed E-state index contributed by atoms with van der Waals surface area (Å²) in [6.45, 7) is 1.76. The second-order valence-electron chi connectivity index (χ2n) is 5.89. The number of carbonyl (C=O) groups excluding carboxylic acids is 2. The summed E-state index contributed by atoms with van der Waals surface area (Å²) in [5.41, 5.74) is 7.41. The van der Waals surface area contributed by atoms with Crippen LogP contribution >= 0.6 is 0 Å². The molecule has 0 saturated heterocycles. The van der Waals surface area contributed by atoms with Gasteiger partial charge in [0.1, 0.15) is 11.5 Å². The zero-order valence-corrected chi connectivity index (χ0v) is 15.0. The van der Waals surface area contributed by atoms with Gasteiger partial charge in [-0.15, -0.1) is 0 Å². The van der Waals surface area contributed by atoms with Crippen molar-refractivity contribution in [1.82, 2.24) is 4.98 Å². The van der Waals surface area contributed by atoms with Gasteiger partial charge in [-0.3, -0.25) is 9.59 Å². The summed E-state index contributed by atoms with van der Waals surface area (Å²) >= 11 is 0. The van der Waals surface area contributed by atoms with Gasteiger partial charge in [0.15, 0.2) is 0 Å². The molecule has 0 spiro atoms. The molecule has 0 aliphatic carbocycles. The third-order valence-electron chi connectivity index (χ3n) is 4.01. The van der Waals surface area contributed by atoms with E-state index in [-0.39, 0.29) is 12.3 Å². The molecule has 138 valence electrons. The summed E-state index contributed by atoms with van der Waals surface area (Å²) in [5, 5.41) is 2.76. The molecule has 1 aromatic heterocycles. The van der Waals surface area contributed by atoms with Gasteiger partial charge in [0, 0.05) is 11.3 Å². The zero-order chi connectivity index (χ0) is 19.4. The first-order chi connectivity index (χ1) is 13.0. The minimum atomic E-state index is -0.519. The molecule has 7 heteroatoms. The maximum atomic E-state index is 12.3. The van der Waals surface area contributed by atoms with Crippen LogP contribution in [0, 0.1) is 6.92 Å². The van der Waals surface area contributed by atoms with Gasteiger partial charge < -0.3 is 20.2 Å². The number of carbonyl (C=O) groups is 2. The van der Waals surface area contributed by atoms with Gasteiger partial charge in [-0.05, 0) is 43.3 Å². The number of methoxy groups -OCH3 is 1. The van der Waals surface area contributed by atoms with Crippen molar-refractivity contribution in [2.24, 2.45) is 5.73 Å². The Balaban J connectivity index is 1.73. The van der Waals surface area contributed by atoms with Crippen LogP contribution in [0.4, 0.5) is 5.69 Å². The molecule has 7 nitrogen and oxygen atoms in total. The van der Waals surface area contributed by atoms with Crippen molar-refractivity contribution in [2.45, 2.75) is 13.3 Å².